The van der Waals surface area contributed by atoms with E-state index in [0.717, 1.165) is 38.5 Å². The average molecular weight is 459 g/mol. The zero-order valence-corrected chi connectivity index (χ0v) is 20.6. The van der Waals surface area contributed by atoms with Crippen molar-refractivity contribution in [3.63, 3.8) is 0 Å². The molecule has 0 unspecified atom stereocenters. The van der Waals surface area contributed by atoms with E-state index < -0.39 is 5.41 Å². The molecule has 3 fully saturated rings. The van der Waals surface area contributed by atoms with Crippen LogP contribution in [0.25, 0.3) is 0 Å². The average Bonchev–Trinajstić information content (AvgIpc) is 2.75. The highest BCUT2D eigenvalue weighted by molar-refractivity contribution is 6.45. The van der Waals surface area contributed by atoms with Crippen molar-refractivity contribution in [1.82, 2.24) is 0 Å². The summed E-state index contributed by atoms with van der Waals surface area (Å²) in [7, 11) is 1.50. The van der Waals surface area contributed by atoms with Gasteiger partial charge in [-0.25, -0.2) is 0 Å². The summed E-state index contributed by atoms with van der Waals surface area (Å²) in [4.78, 5) is 39.7. The third-order valence-corrected chi connectivity index (χ3v) is 10.7. The molecule has 0 aromatic heterocycles. The van der Waals surface area contributed by atoms with Gasteiger partial charge in [0, 0.05) is 23.3 Å². The second-order valence-electron chi connectivity index (χ2n) is 11.9. The van der Waals surface area contributed by atoms with Crippen molar-refractivity contribution in [2.75, 3.05) is 7.11 Å². The Labute approximate surface area is 196 Å². The second-order valence-corrected chi connectivity index (χ2v) is 12.3. The molecule has 1 spiro atoms. The topological polar surface area (TPSA) is 60.4 Å². The van der Waals surface area contributed by atoms with Crippen LogP contribution in [0.5, 0.6) is 0 Å². The molecule has 0 heterocycles. The molecule has 0 aliphatic heterocycles. The van der Waals surface area contributed by atoms with Crippen molar-refractivity contribution in [2.24, 2.45) is 51.8 Å². The van der Waals surface area contributed by atoms with Gasteiger partial charge >= 0.3 is 5.97 Å². The number of Topliss-reactive ketones (excluding diaryl/α,β-unsaturated/α-hetero) is 1. The lowest BCUT2D eigenvalue weighted by Gasteiger charge is -2.69. The Kier molecular flexibility index (Phi) is 4.92. The molecule has 2 bridgehead atoms. The molecule has 0 N–H and O–H groups in total. The van der Waals surface area contributed by atoms with Crippen LogP contribution >= 0.6 is 11.6 Å². The normalized spacial score (nSPS) is 47.3. The van der Waals surface area contributed by atoms with Gasteiger partial charge in [-0.05, 0) is 68.1 Å². The van der Waals surface area contributed by atoms with Crippen LogP contribution in [0.1, 0.15) is 66.2 Å². The van der Waals surface area contributed by atoms with Gasteiger partial charge in [-0.15, -0.1) is 0 Å². The van der Waals surface area contributed by atoms with E-state index >= 15 is 0 Å². The molecule has 0 radical (unpaired) electrons. The van der Waals surface area contributed by atoms with Crippen LogP contribution in [-0.4, -0.2) is 24.6 Å². The smallest absolute Gasteiger partial charge is 0.311 e. The molecule has 6 rings (SSSR count). The maximum atomic E-state index is 13.5. The number of hydrogen-bond acceptors (Lipinski definition) is 4. The predicted molar refractivity (Wildman–Crippen MR) is 123 cm³/mol. The molecular weight excluding hydrogens is 424 g/mol. The highest BCUT2D eigenvalue weighted by Crippen LogP contribution is 2.74. The Bertz CT molecular complexity index is 963. The van der Waals surface area contributed by atoms with Gasteiger partial charge in [0.2, 0.25) is 0 Å². The number of carbonyl (C=O) groups is 3. The van der Waals surface area contributed by atoms with Gasteiger partial charge in [0.25, 0.3) is 0 Å². The second kappa shape index (κ2) is 7.04. The van der Waals surface area contributed by atoms with Gasteiger partial charge in [-0.3, -0.25) is 14.4 Å². The Balaban J connectivity index is 1.67. The van der Waals surface area contributed by atoms with Crippen molar-refractivity contribution in [3.05, 3.63) is 22.8 Å². The summed E-state index contributed by atoms with van der Waals surface area (Å²) >= 11 is 6.33. The molecular formula is C27H35ClO4. The lowest BCUT2D eigenvalue weighted by Crippen LogP contribution is -2.67. The fraction of sp³-hybridized carbons (Fsp3) is 0.741. The fourth-order valence-electron chi connectivity index (χ4n) is 9.29. The Morgan fingerprint density at radius 3 is 2.53 bits per heavy atom. The number of allylic oxidation sites excluding steroid dienone is 4. The first kappa shape index (κ1) is 22.4. The number of hydrogen-bond donors (Lipinski definition) is 0. The molecule has 32 heavy (non-hydrogen) atoms. The molecule has 6 aliphatic carbocycles. The number of fused-ring (bicyclic) bond motifs is 1. The van der Waals surface area contributed by atoms with E-state index in [9.17, 15) is 14.4 Å². The number of ketones is 2. The molecule has 6 aliphatic rings. The summed E-state index contributed by atoms with van der Waals surface area (Å²) < 4.78 is 5.29. The largest absolute Gasteiger partial charge is 0.469 e. The van der Waals surface area contributed by atoms with E-state index in [-0.39, 0.29) is 63.0 Å². The quantitative estimate of drug-likeness (QED) is 0.405. The van der Waals surface area contributed by atoms with Crippen molar-refractivity contribution < 1.29 is 19.1 Å². The molecule has 0 amide bonds. The van der Waals surface area contributed by atoms with E-state index in [1.165, 1.54) is 18.8 Å². The van der Waals surface area contributed by atoms with Crippen molar-refractivity contribution in [1.29, 1.82) is 0 Å². The standard InChI is InChI=1S/C27H35ClO4/c1-14(2)16-13-27-10-7-19-25(3,8-6-9-26(19,4)24(31)32-5)20(27)11-15(16)21-18(29)12-17(28)23(30)22(21)27/h12-15,19-22H,6-11H2,1-5H3/t15-,19-,20-,21-,22-,25-,26+,27+/m0/s1. The van der Waals surface area contributed by atoms with Crippen LogP contribution in [-0.2, 0) is 19.1 Å². The van der Waals surface area contributed by atoms with Crippen LogP contribution in [0, 0.1) is 51.8 Å². The first-order chi connectivity index (χ1) is 15.0. The molecule has 174 valence electrons. The van der Waals surface area contributed by atoms with Gasteiger partial charge in [0.1, 0.15) is 0 Å². The zero-order valence-electron chi connectivity index (χ0n) is 19.9. The Morgan fingerprint density at radius 2 is 1.88 bits per heavy atom. The molecule has 5 heteroatoms. The van der Waals surface area contributed by atoms with E-state index in [1.54, 1.807) is 0 Å². The summed E-state index contributed by atoms with van der Waals surface area (Å²) in [5.41, 5.74) is 0.440. The SMILES string of the molecule is COC(=O)[C@]1(C)CCC[C@]2(C)[C@@H]3C[C@H]4C(C(C)C)=C[C@@]3(CC[C@@H]21)[C@@H]1C(=O)C(Cl)=CC(=O)[C@@H]14. The third kappa shape index (κ3) is 2.59. The number of carbonyl (C=O) groups excluding carboxylic acids is 3. The van der Waals surface area contributed by atoms with Gasteiger partial charge in [0.15, 0.2) is 11.6 Å². The van der Waals surface area contributed by atoms with Crippen LogP contribution in [0.3, 0.4) is 0 Å². The summed E-state index contributed by atoms with van der Waals surface area (Å²) in [6, 6.07) is 0. The minimum Gasteiger partial charge on any atom is -0.469 e. The maximum Gasteiger partial charge on any atom is 0.311 e. The lowest BCUT2D eigenvalue weighted by molar-refractivity contribution is -0.199. The summed E-state index contributed by atoms with van der Waals surface area (Å²) in [6.45, 7) is 8.85. The maximum absolute atomic E-state index is 13.5. The number of rotatable bonds is 2. The van der Waals surface area contributed by atoms with Crippen LogP contribution in [0.15, 0.2) is 22.8 Å². The van der Waals surface area contributed by atoms with Crippen LogP contribution < -0.4 is 0 Å². The summed E-state index contributed by atoms with van der Waals surface area (Å²) in [5, 5.41) is 0.103. The van der Waals surface area contributed by atoms with Gasteiger partial charge in [0.05, 0.1) is 17.6 Å². The van der Waals surface area contributed by atoms with Crippen molar-refractivity contribution in [3.8, 4) is 0 Å². The van der Waals surface area contributed by atoms with Crippen molar-refractivity contribution >= 4 is 29.1 Å². The predicted octanol–water partition coefficient (Wildman–Crippen LogP) is 5.49. The summed E-state index contributed by atoms with van der Waals surface area (Å²) in [5.74, 6) is 0.180. The molecule has 8 atom stereocenters. The first-order valence-electron chi connectivity index (χ1n) is 12.3. The number of esters is 1. The minimum atomic E-state index is -0.492. The molecule has 0 aromatic carbocycles. The monoisotopic (exact) mass is 458 g/mol. The number of halogens is 1. The third-order valence-electron chi connectivity index (χ3n) is 10.4. The fourth-order valence-corrected chi connectivity index (χ4v) is 9.52. The van der Waals surface area contributed by atoms with Crippen LogP contribution in [0.4, 0.5) is 0 Å². The van der Waals surface area contributed by atoms with E-state index in [2.05, 4.69) is 33.8 Å². The summed E-state index contributed by atoms with van der Waals surface area (Å²) in [6.07, 6.45) is 9.33. The number of ether oxygens (including phenoxy) is 1. The minimum absolute atomic E-state index is 0.0315. The highest BCUT2D eigenvalue weighted by atomic mass is 35.5. The first-order valence-corrected chi connectivity index (χ1v) is 12.7. The van der Waals surface area contributed by atoms with E-state index in [4.69, 9.17) is 16.3 Å². The highest BCUT2D eigenvalue weighted by Gasteiger charge is 2.71. The van der Waals surface area contributed by atoms with E-state index in [0.29, 0.717) is 5.92 Å². The Hall–Kier alpha value is -1.42. The molecule has 4 nitrogen and oxygen atoms in total. The number of methoxy groups -OCH3 is 1. The van der Waals surface area contributed by atoms with Gasteiger partial charge < -0.3 is 4.74 Å². The zero-order chi connectivity index (χ0) is 23.2. The molecule has 0 aromatic rings. The van der Waals surface area contributed by atoms with Crippen molar-refractivity contribution in [2.45, 2.75) is 66.2 Å². The van der Waals surface area contributed by atoms with E-state index in [1.807, 2.05) is 0 Å². The molecule has 0 saturated heterocycles. The Morgan fingerprint density at radius 1 is 1.16 bits per heavy atom. The van der Waals surface area contributed by atoms with Gasteiger partial charge in [-0.2, -0.15) is 0 Å². The molecule has 3 saturated carbocycles. The van der Waals surface area contributed by atoms with Crippen LogP contribution in [0.2, 0.25) is 0 Å². The van der Waals surface area contributed by atoms with Gasteiger partial charge in [-0.1, -0.05) is 50.4 Å². The lowest BCUT2D eigenvalue weighted by atomic mass is 9.33.